The Balaban J connectivity index is 2.53. The summed E-state index contributed by atoms with van der Waals surface area (Å²) in [6.45, 7) is 4.16. The zero-order valence-electron chi connectivity index (χ0n) is 11.9. The predicted molar refractivity (Wildman–Crippen MR) is 76.6 cm³/mol. The van der Waals surface area contributed by atoms with Crippen molar-refractivity contribution in [1.82, 2.24) is 9.97 Å². The second-order valence-electron chi connectivity index (χ2n) is 4.48. The lowest BCUT2D eigenvalue weighted by Crippen LogP contribution is -2.18. The number of hydrogen-bond acceptors (Lipinski definition) is 4. The molecule has 0 saturated heterocycles. The lowest BCUT2D eigenvalue weighted by atomic mass is 10.1. The maximum atomic E-state index is 13.8. The highest BCUT2D eigenvalue weighted by atomic mass is 19.1. The lowest BCUT2D eigenvalue weighted by Gasteiger charge is -2.15. The normalized spacial score (nSPS) is 12.3. The second kappa shape index (κ2) is 6.49. The van der Waals surface area contributed by atoms with Gasteiger partial charge in [-0.3, -0.25) is 4.79 Å². The highest BCUT2D eigenvalue weighted by molar-refractivity contribution is 5.67. The average molecular weight is 292 g/mol. The molecular formula is C15H17FN2O3. The van der Waals surface area contributed by atoms with Gasteiger partial charge in [0, 0.05) is 12.2 Å². The molecule has 1 heterocycles. The van der Waals surface area contributed by atoms with Gasteiger partial charge in [0.25, 0.3) is 5.56 Å². The first kappa shape index (κ1) is 15.2. The van der Waals surface area contributed by atoms with Crippen molar-refractivity contribution in [2.75, 3.05) is 6.61 Å². The Morgan fingerprint density at radius 3 is 2.67 bits per heavy atom. The molecule has 1 aromatic heterocycles. The van der Waals surface area contributed by atoms with Crippen molar-refractivity contribution < 1.29 is 14.2 Å². The summed E-state index contributed by atoms with van der Waals surface area (Å²) in [5.41, 5.74) is -0.760. The molecule has 21 heavy (non-hydrogen) atoms. The Bertz CT molecular complexity index is 685. The Morgan fingerprint density at radius 1 is 1.38 bits per heavy atom. The van der Waals surface area contributed by atoms with Gasteiger partial charge in [-0.2, -0.15) is 4.98 Å². The van der Waals surface area contributed by atoms with E-state index in [0.29, 0.717) is 13.0 Å². The van der Waals surface area contributed by atoms with E-state index in [9.17, 15) is 14.3 Å². The largest absolute Gasteiger partial charge is 0.493 e. The van der Waals surface area contributed by atoms with Gasteiger partial charge < -0.3 is 14.8 Å². The van der Waals surface area contributed by atoms with E-state index in [2.05, 4.69) is 9.97 Å². The summed E-state index contributed by atoms with van der Waals surface area (Å²) in [5.74, 6) is -0.858. The van der Waals surface area contributed by atoms with Gasteiger partial charge in [-0.15, -0.1) is 0 Å². The number of rotatable bonds is 5. The Morgan fingerprint density at radius 2 is 2.10 bits per heavy atom. The quantitative estimate of drug-likeness (QED) is 0.888. The number of nitrogens with zero attached hydrogens (tertiary/aromatic N) is 1. The maximum Gasteiger partial charge on any atom is 0.262 e. The zero-order chi connectivity index (χ0) is 15.4. The summed E-state index contributed by atoms with van der Waals surface area (Å²) >= 11 is 0. The van der Waals surface area contributed by atoms with E-state index >= 15 is 0 Å². The summed E-state index contributed by atoms with van der Waals surface area (Å²) in [7, 11) is 0. The highest BCUT2D eigenvalue weighted by Gasteiger charge is 2.19. The summed E-state index contributed by atoms with van der Waals surface area (Å²) in [4.78, 5) is 18.7. The van der Waals surface area contributed by atoms with Gasteiger partial charge in [-0.25, -0.2) is 4.39 Å². The molecule has 0 aliphatic rings. The molecule has 0 spiro atoms. The number of H-pyrrole nitrogens is 1. The zero-order valence-corrected chi connectivity index (χ0v) is 11.9. The van der Waals surface area contributed by atoms with Crippen molar-refractivity contribution in [2.24, 2.45) is 0 Å². The number of aromatic nitrogens is 2. The van der Waals surface area contributed by atoms with E-state index in [4.69, 9.17) is 4.74 Å². The minimum Gasteiger partial charge on any atom is -0.493 e. The van der Waals surface area contributed by atoms with Crippen LogP contribution in [0.5, 0.6) is 5.88 Å². The number of hydrogen-bond donors (Lipinski definition) is 2. The van der Waals surface area contributed by atoms with Crippen molar-refractivity contribution in [2.45, 2.75) is 26.4 Å². The fraction of sp³-hybridized carbons (Fsp3) is 0.333. The van der Waals surface area contributed by atoms with E-state index in [-0.39, 0.29) is 17.0 Å². The van der Waals surface area contributed by atoms with Crippen molar-refractivity contribution in [3.8, 4) is 17.0 Å². The van der Waals surface area contributed by atoms with Crippen LogP contribution in [0.1, 0.15) is 32.2 Å². The van der Waals surface area contributed by atoms with Crippen LogP contribution in [-0.2, 0) is 4.74 Å². The summed E-state index contributed by atoms with van der Waals surface area (Å²) in [5, 5.41) is 10.0. The Kier molecular flexibility index (Phi) is 4.70. The fourth-order valence-corrected chi connectivity index (χ4v) is 2.13. The monoisotopic (exact) mass is 292 g/mol. The van der Waals surface area contributed by atoms with Crippen LogP contribution in [0.3, 0.4) is 0 Å². The molecule has 0 aliphatic carbocycles. The van der Waals surface area contributed by atoms with Crippen LogP contribution < -0.4 is 5.56 Å². The van der Waals surface area contributed by atoms with Gasteiger partial charge >= 0.3 is 0 Å². The average Bonchev–Trinajstić information content (AvgIpc) is 2.46. The number of ether oxygens (including phenoxy) is 1. The third-order valence-electron chi connectivity index (χ3n) is 3.11. The summed E-state index contributed by atoms with van der Waals surface area (Å²) in [6.07, 6.45) is 0.179. The SMILES string of the molecule is CCOC(CC)c1nc(O)c(-c2ccccc2F)c(=O)[nH]1. The molecule has 0 bridgehead atoms. The summed E-state index contributed by atoms with van der Waals surface area (Å²) < 4.78 is 19.2. The standard InChI is InChI=1S/C15H17FN2O3/c1-3-11(21-4-2)13-17-14(19)12(15(20)18-13)9-7-5-6-8-10(9)16/h5-8,11H,3-4H2,1-2H3,(H2,17,18,19,20). The number of aromatic hydroxyl groups is 1. The van der Waals surface area contributed by atoms with Crippen LogP contribution in [0.2, 0.25) is 0 Å². The number of halogens is 1. The molecule has 0 aliphatic heterocycles. The molecule has 1 atom stereocenters. The molecule has 0 saturated carbocycles. The maximum absolute atomic E-state index is 13.8. The molecule has 0 fully saturated rings. The summed E-state index contributed by atoms with van der Waals surface area (Å²) in [6, 6.07) is 5.73. The van der Waals surface area contributed by atoms with E-state index in [0.717, 1.165) is 0 Å². The molecule has 5 nitrogen and oxygen atoms in total. The topological polar surface area (TPSA) is 75.2 Å². The molecule has 1 aromatic carbocycles. The molecule has 2 aromatic rings. The van der Waals surface area contributed by atoms with Crippen LogP contribution >= 0.6 is 0 Å². The first-order valence-corrected chi connectivity index (χ1v) is 6.78. The van der Waals surface area contributed by atoms with Gasteiger partial charge in [0.05, 0.1) is 0 Å². The van der Waals surface area contributed by atoms with E-state index in [1.165, 1.54) is 18.2 Å². The van der Waals surface area contributed by atoms with E-state index < -0.39 is 23.4 Å². The lowest BCUT2D eigenvalue weighted by molar-refractivity contribution is 0.0529. The molecule has 0 amide bonds. The Hall–Kier alpha value is -2.21. The van der Waals surface area contributed by atoms with Gasteiger partial charge in [-0.1, -0.05) is 25.1 Å². The minimum atomic E-state index is -0.597. The third kappa shape index (κ3) is 3.11. The van der Waals surface area contributed by atoms with Gasteiger partial charge in [0.1, 0.15) is 23.3 Å². The van der Waals surface area contributed by atoms with Crippen molar-refractivity contribution >= 4 is 0 Å². The number of nitrogens with one attached hydrogen (secondary N) is 1. The Labute approximate surface area is 121 Å². The number of aromatic amines is 1. The third-order valence-corrected chi connectivity index (χ3v) is 3.11. The minimum absolute atomic E-state index is 0.0137. The molecule has 2 rings (SSSR count). The van der Waals surface area contributed by atoms with Gasteiger partial charge in [-0.05, 0) is 19.4 Å². The molecule has 6 heteroatoms. The highest BCUT2D eigenvalue weighted by Crippen LogP contribution is 2.27. The van der Waals surface area contributed by atoms with E-state index in [1.807, 2.05) is 13.8 Å². The molecule has 2 N–H and O–H groups in total. The van der Waals surface area contributed by atoms with Crippen molar-refractivity contribution in [1.29, 1.82) is 0 Å². The number of benzene rings is 1. The van der Waals surface area contributed by atoms with Gasteiger partial charge in [0.2, 0.25) is 5.88 Å². The van der Waals surface area contributed by atoms with Crippen LogP contribution in [0.4, 0.5) is 4.39 Å². The predicted octanol–water partition coefficient (Wildman–Crippen LogP) is 2.77. The van der Waals surface area contributed by atoms with Crippen LogP contribution in [0.15, 0.2) is 29.1 Å². The molecule has 1 unspecified atom stereocenters. The molecule has 112 valence electrons. The second-order valence-corrected chi connectivity index (χ2v) is 4.48. The van der Waals surface area contributed by atoms with Gasteiger partial charge in [0.15, 0.2) is 0 Å². The first-order valence-electron chi connectivity index (χ1n) is 6.78. The molecule has 0 radical (unpaired) electrons. The van der Waals surface area contributed by atoms with Crippen molar-refractivity contribution in [3.05, 3.63) is 46.3 Å². The first-order chi connectivity index (χ1) is 10.1. The van der Waals surface area contributed by atoms with Crippen LogP contribution in [0, 0.1) is 5.82 Å². The fourth-order valence-electron chi connectivity index (χ4n) is 2.13. The molecular weight excluding hydrogens is 275 g/mol. The van der Waals surface area contributed by atoms with Crippen LogP contribution in [0.25, 0.3) is 11.1 Å². The van der Waals surface area contributed by atoms with Crippen molar-refractivity contribution in [3.63, 3.8) is 0 Å². The smallest absolute Gasteiger partial charge is 0.262 e. The van der Waals surface area contributed by atoms with E-state index in [1.54, 1.807) is 6.07 Å². The van der Waals surface area contributed by atoms with Crippen LogP contribution in [-0.4, -0.2) is 21.7 Å².